The summed E-state index contributed by atoms with van der Waals surface area (Å²) >= 11 is 5.14. The molecule has 0 heterocycles. The molecule has 0 aliphatic heterocycles. The molecule has 1 N–H and O–H groups in total. The van der Waals surface area contributed by atoms with E-state index in [0.717, 1.165) is 24.3 Å². The van der Waals surface area contributed by atoms with Crippen molar-refractivity contribution in [1.29, 1.82) is 0 Å². The van der Waals surface area contributed by atoms with Gasteiger partial charge in [-0.2, -0.15) is 0 Å². The van der Waals surface area contributed by atoms with Gasteiger partial charge in [-0.25, -0.2) is 8.42 Å². The normalized spacial score (nSPS) is 12.2. The van der Waals surface area contributed by atoms with Crippen molar-refractivity contribution in [2.24, 2.45) is 0 Å². The van der Waals surface area contributed by atoms with Gasteiger partial charge in [0.15, 0.2) is 0 Å². The van der Waals surface area contributed by atoms with E-state index in [0.29, 0.717) is 0 Å². The fourth-order valence-electron chi connectivity index (χ4n) is 0.931. The van der Waals surface area contributed by atoms with E-state index >= 15 is 0 Å². The number of nitrogens with one attached hydrogen (secondary N) is 1. The Morgan fingerprint density at radius 3 is 2.18 bits per heavy atom. The molecular formula is C8H7ClF3NO3S. The lowest BCUT2D eigenvalue weighted by Gasteiger charge is -2.09. The van der Waals surface area contributed by atoms with Crippen LogP contribution in [0.25, 0.3) is 0 Å². The summed E-state index contributed by atoms with van der Waals surface area (Å²) in [7, 11) is -3.67. The van der Waals surface area contributed by atoms with Gasteiger partial charge in [0, 0.05) is 5.69 Å². The first-order valence-corrected chi connectivity index (χ1v) is 6.33. The monoisotopic (exact) mass is 289 g/mol. The maximum absolute atomic E-state index is 11.8. The van der Waals surface area contributed by atoms with E-state index in [-0.39, 0.29) is 5.69 Å². The van der Waals surface area contributed by atoms with Gasteiger partial charge in [-0.3, -0.25) is 4.72 Å². The van der Waals surface area contributed by atoms with Crippen LogP contribution < -0.4 is 9.46 Å². The molecule has 4 nitrogen and oxygen atoms in total. The third-order valence-electron chi connectivity index (χ3n) is 1.50. The molecule has 0 saturated carbocycles. The molecule has 1 aromatic rings. The third kappa shape index (κ3) is 5.14. The van der Waals surface area contributed by atoms with Crippen LogP contribution in [0.4, 0.5) is 18.9 Å². The van der Waals surface area contributed by atoms with Crippen LogP contribution in [0, 0.1) is 0 Å². The molecule has 9 heteroatoms. The maximum Gasteiger partial charge on any atom is 0.573 e. The average molecular weight is 290 g/mol. The Kier molecular flexibility index (Phi) is 4.10. The fraction of sp³-hybridized carbons (Fsp3) is 0.250. The molecule has 0 aromatic heterocycles. The summed E-state index contributed by atoms with van der Waals surface area (Å²) in [5.74, 6) is -0.439. The zero-order valence-electron chi connectivity index (χ0n) is 8.16. The van der Waals surface area contributed by atoms with E-state index in [9.17, 15) is 21.6 Å². The van der Waals surface area contributed by atoms with Crippen LogP contribution in [0.3, 0.4) is 0 Å². The second kappa shape index (κ2) is 5.01. The number of rotatable bonds is 4. The molecule has 17 heavy (non-hydrogen) atoms. The number of ether oxygens (including phenoxy) is 1. The SMILES string of the molecule is O=S(=O)(CCl)Nc1ccc(OC(F)(F)F)cc1. The highest BCUT2D eigenvalue weighted by molar-refractivity contribution is 7.93. The van der Waals surface area contributed by atoms with Crippen LogP contribution in [-0.4, -0.2) is 20.0 Å². The highest BCUT2D eigenvalue weighted by atomic mass is 35.5. The number of benzene rings is 1. The molecule has 1 aromatic carbocycles. The van der Waals surface area contributed by atoms with E-state index in [2.05, 4.69) is 9.46 Å². The van der Waals surface area contributed by atoms with Gasteiger partial charge in [0.2, 0.25) is 10.0 Å². The maximum atomic E-state index is 11.8. The Balaban J connectivity index is 2.76. The molecule has 0 radical (unpaired) electrons. The number of halogens is 4. The number of hydrogen-bond acceptors (Lipinski definition) is 3. The van der Waals surface area contributed by atoms with Crippen molar-refractivity contribution >= 4 is 27.3 Å². The molecular weight excluding hydrogens is 283 g/mol. The van der Waals surface area contributed by atoms with Crippen LogP contribution in [0.1, 0.15) is 0 Å². The predicted molar refractivity (Wildman–Crippen MR) is 56.4 cm³/mol. The minimum atomic E-state index is -4.78. The van der Waals surface area contributed by atoms with E-state index < -0.39 is 27.3 Å². The minimum absolute atomic E-state index is 0.0974. The van der Waals surface area contributed by atoms with Crippen molar-refractivity contribution < 1.29 is 26.3 Å². The van der Waals surface area contributed by atoms with Crippen molar-refractivity contribution in [2.45, 2.75) is 6.36 Å². The van der Waals surface area contributed by atoms with E-state index in [1.807, 2.05) is 0 Å². The summed E-state index contributed by atoms with van der Waals surface area (Å²) in [4.78, 5) is 0. The number of anilines is 1. The molecule has 0 fully saturated rings. The van der Waals surface area contributed by atoms with Crippen molar-refractivity contribution in [1.82, 2.24) is 0 Å². The van der Waals surface area contributed by atoms with E-state index in [4.69, 9.17) is 11.6 Å². The highest BCUT2D eigenvalue weighted by Crippen LogP contribution is 2.24. The molecule has 0 aliphatic rings. The first kappa shape index (κ1) is 13.9. The van der Waals surface area contributed by atoms with Gasteiger partial charge < -0.3 is 4.74 Å². The summed E-state index contributed by atoms with van der Waals surface area (Å²) in [5.41, 5.74) is 0.0974. The third-order valence-corrected chi connectivity index (χ3v) is 3.20. The van der Waals surface area contributed by atoms with Crippen LogP contribution in [0.5, 0.6) is 5.75 Å². The Morgan fingerprint density at radius 1 is 1.24 bits per heavy atom. The minimum Gasteiger partial charge on any atom is -0.406 e. The van der Waals surface area contributed by atoms with Gasteiger partial charge >= 0.3 is 6.36 Å². The topological polar surface area (TPSA) is 55.4 Å². The Bertz CT molecular complexity index is 472. The summed E-state index contributed by atoms with van der Waals surface area (Å²) < 4.78 is 63.2. The Labute approximate surface area is 100 Å². The molecule has 1 rings (SSSR count). The smallest absolute Gasteiger partial charge is 0.406 e. The molecule has 0 aliphatic carbocycles. The van der Waals surface area contributed by atoms with Gasteiger partial charge in [-0.15, -0.1) is 24.8 Å². The van der Waals surface area contributed by atoms with Crippen LogP contribution in [0.15, 0.2) is 24.3 Å². The van der Waals surface area contributed by atoms with Crippen molar-refractivity contribution in [3.05, 3.63) is 24.3 Å². The average Bonchev–Trinajstić information content (AvgIpc) is 2.19. The standard InChI is InChI=1S/C8H7ClF3NO3S/c9-5-17(14,15)13-6-1-3-7(4-2-6)16-8(10,11)12/h1-4,13H,5H2. The van der Waals surface area contributed by atoms with Gasteiger partial charge in [-0.05, 0) is 24.3 Å². The van der Waals surface area contributed by atoms with Crippen LogP contribution in [-0.2, 0) is 10.0 Å². The summed E-state index contributed by atoms with van der Waals surface area (Å²) in [5, 5.41) is -0.645. The summed E-state index contributed by atoms with van der Waals surface area (Å²) in [6.07, 6.45) is -4.78. The fourth-order valence-corrected chi connectivity index (χ4v) is 1.64. The van der Waals surface area contributed by atoms with Crippen molar-refractivity contribution in [3.63, 3.8) is 0 Å². The van der Waals surface area contributed by atoms with Crippen LogP contribution in [0.2, 0.25) is 0 Å². The second-order valence-corrected chi connectivity index (χ2v) is 5.20. The first-order chi connectivity index (χ1) is 7.72. The molecule has 96 valence electrons. The Hall–Kier alpha value is -1.15. The van der Waals surface area contributed by atoms with Crippen molar-refractivity contribution in [2.75, 3.05) is 9.93 Å². The molecule has 0 amide bonds. The molecule has 0 bridgehead atoms. The van der Waals surface area contributed by atoms with Gasteiger partial charge in [-0.1, -0.05) is 0 Å². The highest BCUT2D eigenvalue weighted by Gasteiger charge is 2.30. The number of alkyl halides is 4. The molecule has 0 unspecified atom stereocenters. The second-order valence-electron chi connectivity index (χ2n) is 2.90. The predicted octanol–water partition coefficient (Wildman–Crippen LogP) is 2.52. The number of sulfonamides is 1. The Morgan fingerprint density at radius 2 is 1.76 bits per heavy atom. The summed E-state index contributed by atoms with van der Waals surface area (Å²) in [6.45, 7) is 0. The van der Waals surface area contributed by atoms with Crippen LogP contribution >= 0.6 is 11.6 Å². The first-order valence-electron chi connectivity index (χ1n) is 4.14. The zero-order valence-corrected chi connectivity index (χ0v) is 9.73. The van der Waals surface area contributed by atoms with E-state index in [1.54, 1.807) is 0 Å². The lowest BCUT2D eigenvalue weighted by atomic mass is 10.3. The number of hydrogen-bond donors (Lipinski definition) is 1. The van der Waals surface area contributed by atoms with Gasteiger partial charge in [0.05, 0.1) is 0 Å². The molecule has 0 atom stereocenters. The lowest BCUT2D eigenvalue weighted by Crippen LogP contribution is -2.17. The van der Waals surface area contributed by atoms with E-state index in [1.165, 1.54) is 0 Å². The summed E-state index contributed by atoms with van der Waals surface area (Å²) in [6, 6.07) is 4.23. The van der Waals surface area contributed by atoms with Crippen molar-refractivity contribution in [3.8, 4) is 5.75 Å². The van der Waals surface area contributed by atoms with Gasteiger partial charge in [0.1, 0.15) is 11.0 Å². The lowest BCUT2D eigenvalue weighted by molar-refractivity contribution is -0.274. The quantitative estimate of drug-likeness (QED) is 0.867. The van der Waals surface area contributed by atoms with Gasteiger partial charge in [0.25, 0.3) is 0 Å². The largest absolute Gasteiger partial charge is 0.573 e. The molecule has 0 spiro atoms. The molecule has 0 saturated heterocycles. The zero-order chi connectivity index (χ0) is 13.1.